The minimum Gasteiger partial charge on any atom is -0.490 e. The highest BCUT2D eigenvalue weighted by Gasteiger charge is 2.48. The molecule has 2 fully saturated rings. The quantitative estimate of drug-likeness (QED) is 0.556. The molecule has 0 unspecified atom stereocenters. The van der Waals surface area contributed by atoms with Crippen LogP contribution in [0.25, 0.3) is 11.2 Å². The molecule has 1 aliphatic carbocycles. The van der Waals surface area contributed by atoms with Gasteiger partial charge in [0.1, 0.15) is 12.4 Å². The lowest BCUT2D eigenvalue weighted by Gasteiger charge is -2.40. The second-order valence-electron chi connectivity index (χ2n) is 10.2. The van der Waals surface area contributed by atoms with Gasteiger partial charge in [-0.15, -0.1) is 0 Å². The van der Waals surface area contributed by atoms with Crippen LogP contribution in [0.4, 0.5) is 5.69 Å². The molecule has 10 heteroatoms. The molecule has 1 saturated carbocycles. The van der Waals surface area contributed by atoms with Gasteiger partial charge in [0.15, 0.2) is 11.2 Å². The van der Waals surface area contributed by atoms with Crippen molar-refractivity contribution in [3.05, 3.63) is 51.6 Å². The molecule has 35 heavy (non-hydrogen) atoms. The lowest BCUT2D eigenvalue weighted by atomic mass is 9.73. The standard InChI is InChI=1S/C25H27ClN4O5/c1-24(33)12-16(13-24)30-21-20(35-23(30)32)11-17(14-27-21)34-9-8-29-6-4-25(5-7-29)18-10-15(26)2-3-19(18)28-22(25)31/h2-3,10-11,14,16,33H,4-9,12-13H2,1H3,(H,28,31). The van der Waals surface area contributed by atoms with Crippen molar-refractivity contribution in [3.8, 4) is 5.75 Å². The molecule has 0 radical (unpaired) electrons. The number of pyridine rings is 1. The van der Waals surface area contributed by atoms with E-state index in [-0.39, 0.29) is 11.9 Å². The molecule has 4 heterocycles. The van der Waals surface area contributed by atoms with Crippen LogP contribution in [0.2, 0.25) is 5.02 Å². The van der Waals surface area contributed by atoms with Crippen LogP contribution < -0.4 is 15.8 Å². The topological polar surface area (TPSA) is 110 Å². The van der Waals surface area contributed by atoms with E-state index in [0.717, 1.165) is 37.2 Å². The van der Waals surface area contributed by atoms with Gasteiger partial charge in [-0.3, -0.25) is 14.3 Å². The highest BCUT2D eigenvalue weighted by Crippen LogP contribution is 2.46. The van der Waals surface area contributed by atoms with Crippen LogP contribution in [0.3, 0.4) is 0 Å². The molecule has 0 atom stereocenters. The van der Waals surface area contributed by atoms with Gasteiger partial charge in [0, 0.05) is 29.4 Å². The molecular formula is C25H27ClN4O5. The van der Waals surface area contributed by atoms with Gasteiger partial charge in [-0.05, 0) is 69.5 Å². The number of nitrogens with zero attached hydrogens (tertiary/aromatic N) is 3. The molecular weight excluding hydrogens is 472 g/mol. The fraction of sp³-hybridized carbons (Fsp3) is 0.480. The fourth-order valence-corrected chi connectivity index (χ4v) is 5.95. The number of fused-ring (bicyclic) bond motifs is 3. The normalized spacial score (nSPS) is 25.5. The van der Waals surface area contributed by atoms with Crippen LogP contribution >= 0.6 is 11.6 Å². The number of anilines is 1. The smallest absolute Gasteiger partial charge is 0.421 e. The average molecular weight is 499 g/mol. The molecule has 1 aromatic carbocycles. The Morgan fingerprint density at radius 1 is 1.26 bits per heavy atom. The molecule has 2 N–H and O–H groups in total. The molecule has 2 aromatic heterocycles. The second-order valence-corrected chi connectivity index (χ2v) is 10.6. The van der Waals surface area contributed by atoms with Crippen molar-refractivity contribution in [1.29, 1.82) is 0 Å². The van der Waals surface area contributed by atoms with Gasteiger partial charge in [0.25, 0.3) is 0 Å². The Bertz CT molecular complexity index is 1360. The van der Waals surface area contributed by atoms with Crippen molar-refractivity contribution in [3.63, 3.8) is 0 Å². The van der Waals surface area contributed by atoms with Gasteiger partial charge in [0.2, 0.25) is 5.91 Å². The molecule has 1 spiro atoms. The van der Waals surface area contributed by atoms with E-state index in [1.807, 2.05) is 12.1 Å². The number of aromatic nitrogens is 2. The van der Waals surface area contributed by atoms with Crippen LogP contribution in [-0.4, -0.2) is 57.3 Å². The highest BCUT2D eigenvalue weighted by molar-refractivity contribution is 6.31. The highest BCUT2D eigenvalue weighted by atomic mass is 35.5. The molecule has 2 aliphatic heterocycles. The van der Waals surface area contributed by atoms with E-state index in [1.165, 1.54) is 4.57 Å². The van der Waals surface area contributed by atoms with E-state index < -0.39 is 16.8 Å². The molecule has 9 nitrogen and oxygen atoms in total. The number of rotatable bonds is 5. The summed E-state index contributed by atoms with van der Waals surface area (Å²) in [6, 6.07) is 7.17. The van der Waals surface area contributed by atoms with Crippen LogP contribution in [0.5, 0.6) is 5.75 Å². The number of oxazole rings is 1. The summed E-state index contributed by atoms with van der Waals surface area (Å²) in [5, 5.41) is 13.7. The third-order valence-electron chi connectivity index (χ3n) is 7.71. The SMILES string of the molecule is CC1(O)CC(n2c(=O)oc3cc(OCCN4CCC5(CC4)C(=O)Nc4ccc(Cl)cc45)cnc32)C1. The summed E-state index contributed by atoms with van der Waals surface area (Å²) < 4.78 is 12.8. The average Bonchev–Trinajstić information content (AvgIpc) is 3.26. The van der Waals surface area contributed by atoms with Crippen LogP contribution in [-0.2, 0) is 10.2 Å². The number of carbonyl (C=O) groups is 1. The third-order valence-corrected chi connectivity index (χ3v) is 7.95. The second kappa shape index (κ2) is 8.08. The van der Waals surface area contributed by atoms with Gasteiger partial charge in [-0.25, -0.2) is 9.78 Å². The molecule has 6 rings (SSSR count). The number of piperidine rings is 1. The minimum atomic E-state index is -0.747. The van der Waals surface area contributed by atoms with Crippen molar-refractivity contribution in [2.45, 2.75) is 49.7 Å². The Morgan fingerprint density at radius 3 is 2.77 bits per heavy atom. The number of ether oxygens (including phenoxy) is 1. The van der Waals surface area contributed by atoms with E-state index in [0.29, 0.717) is 48.0 Å². The Labute approximate surface area is 206 Å². The molecule has 3 aromatic rings. The minimum absolute atomic E-state index is 0.0592. The number of nitrogens with one attached hydrogen (secondary N) is 1. The predicted molar refractivity (Wildman–Crippen MR) is 130 cm³/mol. The number of hydrogen-bond donors (Lipinski definition) is 2. The first-order valence-corrected chi connectivity index (χ1v) is 12.3. The van der Waals surface area contributed by atoms with E-state index in [4.69, 9.17) is 20.8 Å². The summed E-state index contributed by atoms with van der Waals surface area (Å²) in [6.07, 6.45) is 4.05. The first kappa shape index (κ1) is 22.6. The first-order chi connectivity index (χ1) is 16.7. The van der Waals surface area contributed by atoms with Crippen molar-refractivity contribution >= 4 is 34.4 Å². The Kier molecular flexibility index (Phi) is 5.21. The summed E-state index contributed by atoms with van der Waals surface area (Å²) in [6.45, 7) is 4.48. The maximum atomic E-state index is 12.8. The molecule has 3 aliphatic rings. The molecule has 0 bridgehead atoms. The van der Waals surface area contributed by atoms with Gasteiger partial charge >= 0.3 is 5.76 Å². The van der Waals surface area contributed by atoms with Crippen LogP contribution in [0, 0.1) is 0 Å². The summed E-state index contributed by atoms with van der Waals surface area (Å²) in [5.74, 6) is 0.126. The van der Waals surface area contributed by atoms with Gasteiger partial charge in [0.05, 0.1) is 17.2 Å². The fourth-order valence-electron chi connectivity index (χ4n) is 5.78. The number of carbonyl (C=O) groups excluding carboxylic acids is 1. The van der Waals surface area contributed by atoms with E-state index in [9.17, 15) is 14.7 Å². The Hall–Kier alpha value is -2.88. The zero-order valence-corrected chi connectivity index (χ0v) is 20.2. The van der Waals surface area contributed by atoms with E-state index in [2.05, 4.69) is 15.2 Å². The lowest BCUT2D eigenvalue weighted by molar-refractivity contribution is -0.122. The third kappa shape index (κ3) is 3.82. The number of aliphatic hydroxyl groups is 1. The summed E-state index contributed by atoms with van der Waals surface area (Å²) >= 11 is 6.21. The van der Waals surface area contributed by atoms with Crippen molar-refractivity contribution in [1.82, 2.24) is 14.5 Å². The number of benzene rings is 1. The lowest BCUT2D eigenvalue weighted by Crippen LogP contribution is -2.47. The summed E-state index contributed by atoms with van der Waals surface area (Å²) in [5.41, 5.74) is 1.46. The number of hydrogen-bond acceptors (Lipinski definition) is 7. The predicted octanol–water partition coefficient (Wildman–Crippen LogP) is 3.09. The molecule has 1 saturated heterocycles. The number of likely N-dealkylation sites (tertiary alicyclic amines) is 1. The first-order valence-electron chi connectivity index (χ1n) is 11.9. The van der Waals surface area contributed by atoms with Crippen molar-refractivity contribution < 1.29 is 19.1 Å². The number of amides is 1. The summed E-state index contributed by atoms with van der Waals surface area (Å²) in [4.78, 5) is 31.8. The molecule has 184 valence electrons. The van der Waals surface area contributed by atoms with E-state index >= 15 is 0 Å². The van der Waals surface area contributed by atoms with Gasteiger partial charge in [-0.1, -0.05) is 11.6 Å². The molecule has 1 amide bonds. The zero-order valence-electron chi connectivity index (χ0n) is 19.4. The number of halogens is 1. The van der Waals surface area contributed by atoms with E-state index in [1.54, 1.807) is 25.3 Å². The van der Waals surface area contributed by atoms with Crippen molar-refractivity contribution in [2.24, 2.45) is 0 Å². The van der Waals surface area contributed by atoms with Gasteiger partial charge < -0.3 is 19.6 Å². The van der Waals surface area contributed by atoms with Crippen LogP contribution in [0.15, 0.2) is 39.7 Å². The maximum absolute atomic E-state index is 12.8. The Balaban J connectivity index is 1.07. The largest absolute Gasteiger partial charge is 0.490 e. The summed E-state index contributed by atoms with van der Waals surface area (Å²) in [7, 11) is 0. The van der Waals surface area contributed by atoms with Gasteiger partial charge in [-0.2, -0.15) is 0 Å². The van der Waals surface area contributed by atoms with Crippen molar-refractivity contribution in [2.75, 3.05) is 31.6 Å². The zero-order chi connectivity index (χ0) is 24.4. The van der Waals surface area contributed by atoms with Crippen LogP contribution in [0.1, 0.15) is 44.2 Å². The monoisotopic (exact) mass is 498 g/mol. The maximum Gasteiger partial charge on any atom is 0.421 e. The Morgan fingerprint density at radius 2 is 2.03 bits per heavy atom.